The molecule has 0 spiro atoms. The van der Waals surface area contributed by atoms with E-state index < -0.39 is 43.3 Å². The highest BCUT2D eigenvalue weighted by Crippen LogP contribution is 2.44. The first-order valence-corrected chi connectivity index (χ1v) is 13.9. The topological polar surface area (TPSA) is 58.6 Å². The minimum absolute atomic E-state index is 0.0198. The largest absolute Gasteiger partial charge is 0.487 e. The van der Waals surface area contributed by atoms with Crippen LogP contribution < -0.4 is 9.46 Å². The molecule has 1 N–H and O–H groups in total. The second-order valence-corrected chi connectivity index (χ2v) is 12.4. The molecule has 15 heteroatoms. The Hall–Kier alpha value is -2.19. The standard InChI is InChI=1S/C23H18Cl2F6N2O3S2/c1-33-5-4-16(11-33)36-19-9-15(2-3-17(19)24)32-38(34,35)20-10-18(25)21(37-20)12-6-13(22(26,27)28)8-14(7-12)23(29,30)31/h2-3,6-10,16,32H,4-5,11H2,1H3. The third kappa shape index (κ3) is 6.50. The van der Waals surface area contributed by atoms with Gasteiger partial charge >= 0.3 is 12.4 Å². The molecule has 1 aromatic heterocycles. The Labute approximate surface area is 228 Å². The summed E-state index contributed by atoms with van der Waals surface area (Å²) in [4.78, 5) is 1.79. The van der Waals surface area contributed by atoms with Crippen molar-refractivity contribution in [2.45, 2.75) is 29.1 Å². The quantitative estimate of drug-likeness (QED) is 0.288. The fraction of sp³-hybridized carbons (Fsp3) is 0.304. The molecule has 5 nitrogen and oxygen atoms in total. The van der Waals surface area contributed by atoms with E-state index in [2.05, 4.69) is 9.62 Å². The van der Waals surface area contributed by atoms with Gasteiger partial charge in [-0.25, -0.2) is 8.42 Å². The van der Waals surface area contributed by atoms with Gasteiger partial charge in [0.15, 0.2) is 0 Å². The Morgan fingerprint density at radius 2 is 1.61 bits per heavy atom. The lowest BCUT2D eigenvalue weighted by Gasteiger charge is -2.16. The van der Waals surface area contributed by atoms with Crippen molar-refractivity contribution in [3.63, 3.8) is 0 Å². The summed E-state index contributed by atoms with van der Waals surface area (Å²) in [5.41, 5.74) is -3.53. The second-order valence-electron chi connectivity index (χ2n) is 8.58. The molecule has 1 aliphatic rings. The van der Waals surface area contributed by atoms with Crippen molar-refractivity contribution in [3.8, 4) is 16.2 Å². The van der Waals surface area contributed by atoms with Gasteiger partial charge in [-0.05, 0) is 55.4 Å². The number of benzene rings is 2. The fourth-order valence-corrected chi connectivity index (χ4v) is 6.82. The maximum Gasteiger partial charge on any atom is 0.416 e. The van der Waals surface area contributed by atoms with Crippen molar-refractivity contribution < 1.29 is 39.5 Å². The monoisotopic (exact) mass is 618 g/mol. The Balaban J connectivity index is 1.64. The number of anilines is 1. The number of nitrogens with zero attached hydrogens (tertiary/aromatic N) is 1. The predicted molar refractivity (Wildman–Crippen MR) is 134 cm³/mol. The molecule has 206 valence electrons. The van der Waals surface area contributed by atoms with Crippen LogP contribution in [0.4, 0.5) is 32.0 Å². The number of alkyl halides is 6. The Morgan fingerprint density at radius 3 is 2.16 bits per heavy atom. The van der Waals surface area contributed by atoms with Crippen LogP contribution in [0, 0.1) is 0 Å². The van der Waals surface area contributed by atoms with Crippen LogP contribution in [0.2, 0.25) is 10.0 Å². The first-order chi connectivity index (χ1) is 17.5. The number of ether oxygens (including phenoxy) is 1. The molecule has 0 radical (unpaired) electrons. The van der Waals surface area contributed by atoms with E-state index in [1.165, 1.54) is 18.2 Å². The van der Waals surface area contributed by atoms with E-state index in [-0.39, 0.29) is 38.5 Å². The summed E-state index contributed by atoms with van der Waals surface area (Å²) in [5, 5.41) is -0.0673. The number of sulfonamides is 1. The molecular weight excluding hydrogens is 601 g/mol. The maximum absolute atomic E-state index is 13.3. The lowest BCUT2D eigenvalue weighted by molar-refractivity contribution is -0.143. The number of thiophene rings is 1. The Morgan fingerprint density at radius 1 is 0.974 bits per heavy atom. The third-order valence-electron chi connectivity index (χ3n) is 5.60. The molecule has 0 bridgehead atoms. The molecule has 38 heavy (non-hydrogen) atoms. The summed E-state index contributed by atoms with van der Waals surface area (Å²) in [6.45, 7) is 1.49. The van der Waals surface area contributed by atoms with E-state index in [4.69, 9.17) is 27.9 Å². The molecule has 0 aliphatic carbocycles. The highest BCUT2D eigenvalue weighted by atomic mass is 35.5. The van der Waals surface area contributed by atoms with Crippen LogP contribution in [-0.2, 0) is 22.4 Å². The van der Waals surface area contributed by atoms with Gasteiger partial charge in [-0.15, -0.1) is 11.3 Å². The number of hydrogen-bond donors (Lipinski definition) is 1. The van der Waals surface area contributed by atoms with Gasteiger partial charge in [-0.1, -0.05) is 23.2 Å². The van der Waals surface area contributed by atoms with Crippen molar-refractivity contribution in [1.82, 2.24) is 4.90 Å². The first kappa shape index (κ1) is 28.8. The number of rotatable bonds is 6. The molecular formula is C23H18Cl2F6N2O3S2. The number of nitrogens with one attached hydrogen (secondary N) is 1. The molecule has 1 aliphatic heterocycles. The fourth-order valence-electron chi connectivity index (χ4n) is 3.80. The first-order valence-electron chi connectivity index (χ1n) is 10.8. The highest BCUT2D eigenvalue weighted by molar-refractivity contribution is 7.94. The molecule has 1 saturated heterocycles. The van der Waals surface area contributed by atoms with Crippen LogP contribution >= 0.6 is 34.5 Å². The molecule has 1 atom stereocenters. The zero-order chi connectivity index (χ0) is 28.0. The van der Waals surface area contributed by atoms with Crippen molar-refractivity contribution in [3.05, 3.63) is 63.6 Å². The van der Waals surface area contributed by atoms with Crippen molar-refractivity contribution in [1.29, 1.82) is 0 Å². The molecule has 4 rings (SSSR count). The van der Waals surface area contributed by atoms with Gasteiger partial charge in [0.2, 0.25) is 0 Å². The summed E-state index contributed by atoms with van der Waals surface area (Å²) in [7, 11) is -2.40. The Kier molecular flexibility index (Phi) is 7.90. The zero-order valence-electron chi connectivity index (χ0n) is 19.3. The summed E-state index contributed by atoms with van der Waals surface area (Å²) < 4.78 is 113. The van der Waals surface area contributed by atoms with Crippen LogP contribution in [-0.4, -0.2) is 39.6 Å². The van der Waals surface area contributed by atoms with Crippen LogP contribution in [0.3, 0.4) is 0 Å². The number of likely N-dealkylation sites (N-methyl/N-ethyl adjacent to an activating group) is 1. The minimum Gasteiger partial charge on any atom is -0.487 e. The van der Waals surface area contributed by atoms with Gasteiger partial charge in [-0.2, -0.15) is 26.3 Å². The van der Waals surface area contributed by atoms with E-state index in [9.17, 15) is 34.8 Å². The van der Waals surface area contributed by atoms with E-state index in [0.29, 0.717) is 30.0 Å². The van der Waals surface area contributed by atoms with E-state index in [1.807, 2.05) is 7.05 Å². The Bertz CT molecular complexity index is 1430. The zero-order valence-corrected chi connectivity index (χ0v) is 22.4. The molecule has 2 heterocycles. The minimum atomic E-state index is -5.07. The van der Waals surface area contributed by atoms with Gasteiger partial charge in [0.1, 0.15) is 16.1 Å². The van der Waals surface area contributed by atoms with E-state index >= 15 is 0 Å². The SMILES string of the molecule is CN1CCC(Oc2cc(NS(=O)(=O)c3cc(Cl)c(-c4cc(C(F)(F)F)cc(C(F)(F)F)c4)s3)ccc2Cl)C1. The van der Waals surface area contributed by atoms with Gasteiger partial charge in [0.05, 0.1) is 31.7 Å². The van der Waals surface area contributed by atoms with Crippen molar-refractivity contribution in [2.24, 2.45) is 0 Å². The van der Waals surface area contributed by atoms with E-state index in [1.54, 1.807) is 0 Å². The van der Waals surface area contributed by atoms with Gasteiger partial charge in [0, 0.05) is 19.2 Å². The van der Waals surface area contributed by atoms with Crippen LogP contribution in [0.5, 0.6) is 5.75 Å². The highest BCUT2D eigenvalue weighted by Gasteiger charge is 2.37. The molecule has 2 aromatic carbocycles. The molecule has 1 unspecified atom stereocenters. The summed E-state index contributed by atoms with van der Waals surface area (Å²) in [6.07, 6.45) is -9.53. The lowest BCUT2D eigenvalue weighted by Crippen LogP contribution is -2.21. The number of hydrogen-bond acceptors (Lipinski definition) is 5. The van der Waals surface area contributed by atoms with Crippen molar-refractivity contribution >= 4 is 50.2 Å². The van der Waals surface area contributed by atoms with Crippen LogP contribution in [0.25, 0.3) is 10.4 Å². The average molecular weight is 619 g/mol. The summed E-state index contributed by atoms with van der Waals surface area (Å²) in [5.74, 6) is 0.251. The average Bonchev–Trinajstić information content (AvgIpc) is 3.40. The molecule has 1 fully saturated rings. The third-order valence-corrected chi connectivity index (χ3v) is 9.37. The van der Waals surface area contributed by atoms with Crippen LogP contribution in [0.1, 0.15) is 17.5 Å². The van der Waals surface area contributed by atoms with Crippen molar-refractivity contribution in [2.75, 3.05) is 24.9 Å². The predicted octanol–water partition coefficient (Wildman–Crippen LogP) is 7.64. The maximum atomic E-state index is 13.3. The lowest BCUT2D eigenvalue weighted by atomic mass is 10.0. The molecule has 0 saturated carbocycles. The summed E-state index contributed by atoms with van der Waals surface area (Å²) in [6, 6.07) is 6.11. The van der Waals surface area contributed by atoms with Gasteiger partial charge < -0.3 is 9.64 Å². The summed E-state index contributed by atoms with van der Waals surface area (Å²) >= 11 is 12.7. The van der Waals surface area contributed by atoms with E-state index in [0.717, 1.165) is 19.0 Å². The second kappa shape index (κ2) is 10.4. The molecule has 3 aromatic rings. The molecule has 0 amide bonds. The van der Waals surface area contributed by atoms with Crippen LogP contribution in [0.15, 0.2) is 46.7 Å². The smallest absolute Gasteiger partial charge is 0.416 e. The normalized spacial score (nSPS) is 17.1. The number of likely N-dealkylation sites (tertiary alicyclic amines) is 1. The van der Waals surface area contributed by atoms with Gasteiger partial charge in [-0.3, -0.25) is 4.72 Å². The number of halogens is 8. The van der Waals surface area contributed by atoms with Gasteiger partial charge in [0.25, 0.3) is 10.0 Å².